The van der Waals surface area contributed by atoms with Gasteiger partial charge in [0.1, 0.15) is 23.5 Å². The molecule has 0 amide bonds. The van der Waals surface area contributed by atoms with E-state index in [1.54, 1.807) is 27.7 Å². The molecule has 0 fully saturated rings. The lowest BCUT2D eigenvalue weighted by Crippen LogP contribution is -2.38. The van der Waals surface area contributed by atoms with Crippen molar-refractivity contribution in [2.24, 2.45) is 0 Å². The van der Waals surface area contributed by atoms with Gasteiger partial charge in [0.05, 0.1) is 6.26 Å². The van der Waals surface area contributed by atoms with Gasteiger partial charge in [-0.2, -0.15) is 8.42 Å². The van der Waals surface area contributed by atoms with Crippen LogP contribution in [0.1, 0.15) is 51.5 Å². The number of aromatic nitrogens is 2. The number of hydrogen-bond acceptors (Lipinski definition) is 7. The van der Waals surface area contributed by atoms with Gasteiger partial charge < -0.3 is 9.47 Å². The van der Waals surface area contributed by atoms with Crippen molar-refractivity contribution >= 4 is 16.1 Å². The summed E-state index contributed by atoms with van der Waals surface area (Å²) in [4.78, 5) is 11.9. The molecule has 0 aliphatic carbocycles. The van der Waals surface area contributed by atoms with E-state index in [9.17, 15) is 13.2 Å². The topological polar surface area (TPSA) is 108 Å². The van der Waals surface area contributed by atoms with E-state index in [1.165, 1.54) is 6.07 Å². The Bertz CT molecular complexity index is 646. The van der Waals surface area contributed by atoms with Gasteiger partial charge in [-0.1, -0.05) is 6.92 Å². The first-order chi connectivity index (χ1) is 10.3. The summed E-state index contributed by atoms with van der Waals surface area (Å²) >= 11 is 0. The first-order valence-corrected chi connectivity index (χ1v) is 8.97. The van der Waals surface area contributed by atoms with Gasteiger partial charge in [-0.05, 0) is 34.1 Å². The number of ether oxygens (including phenoxy) is 2. The maximum Gasteiger partial charge on any atom is 0.357 e. The highest BCUT2D eigenvalue weighted by molar-refractivity contribution is 7.85. The van der Waals surface area contributed by atoms with E-state index in [0.717, 1.165) is 6.26 Å². The third kappa shape index (κ3) is 7.00. The Hall–Kier alpha value is -1.61. The van der Waals surface area contributed by atoms with Crippen molar-refractivity contribution in [3.63, 3.8) is 0 Å². The van der Waals surface area contributed by atoms with Crippen LogP contribution >= 0.6 is 0 Å². The zero-order valence-corrected chi connectivity index (χ0v) is 15.1. The second kappa shape index (κ2) is 6.88. The molecule has 0 bridgehead atoms. The molecule has 8 nitrogen and oxygen atoms in total. The Kier molecular flexibility index (Phi) is 5.81. The molecule has 0 radical (unpaired) electrons. The van der Waals surface area contributed by atoms with E-state index >= 15 is 0 Å². The summed E-state index contributed by atoms with van der Waals surface area (Å²) in [6.45, 7) is 8.64. The number of nitrogens with zero attached hydrogens (tertiary/aromatic N) is 1. The van der Waals surface area contributed by atoms with Crippen molar-refractivity contribution in [3.8, 4) is 5.88 Å². The molecule has 0 spiro atoms. The molecule has 0 saturated heterocycles. The Morgan fingerprint density at radius 2 is 1.91 bits per heavy atom. The Labute approximate surface area is 136 Å². The summed E-state index contributed by atoms with van der Waals surface area (Å²) in [6.07, 6.45) is 1.45. The van der Waals surface area contributed by atoms with Crippen molar-refractivity contribution in [3.05, 3.63) is 11.8 Å². The zero-order valence-electron chi connectivity index (χ0n) is 14.3. The Morgan fingerprint density at radius 3 is 2.39 bits per heavy atom. The van der Waals surface area contributed by atoms with E-state index in [-0.39, 0.29) is 18.2 Å². The highest BCUT2D eigenvalue weighted by Crippen LogP contribution is 2.22. The Morgan fingerprint density at radius 1 is 1.30 bits per heavy atom. The van der Waals surface area contributed by atoms with Crippen LogP contribution in [0.3, 0.4) is 0 Å². The number of nitrogens with one attached hydrogen (secondary N) is 1. The van der Waals surface area contributed by atoms with Crippen LogP contribution in [0.5, 0.6) is 5.88 Å². The Balaban J connectivity index is 2.78. The molecular weight excluding hydrogens is 324 g/mol. The second-order valence-corrected chi connectivity index (χ2v) is 8.14. The highest BCUT2D eigenvalue weighted by Gasteiger charge is 2.29. The molecule has 1 aromatic rings. The number of H-pyrrole nitrogens is 1. The fourth-order valence-corrected chi connectivity index (χ4v) is 1.94. The average molecular weight is 348 g/mol. The molecule has 0 saturated carbocycles. The molecule has 132 valence electrons. The number of carbonyl (C=O) groups excluding carboxylic acids is 1. The van der Waals surface area contributed by atoms with Crippen LogP contribution in [0.25, 0.3) is 0 Å². The van der Waals surface area contributed by atoms with Crippen LogP contribution in [0.4, 0.5) is 0 Å². The van der Waals surface area contributed by atoms with Gasteiger partial charge in [-0.3, -0.25) is 9.28 Å². The van der Waals surface area contributed by atoms with E-state index in [4.69, 9.17) is 13.7 Å². The fraction of sp³-hybridized carbons (Fsp3) is 0.714. The van der Waals surface area contributed by atoms with Crippen molar-refractivity contribution in [1.82, 2.24) is 10.2 Å². The van der Waals surface area contributed by atoms with Gasteiger partial charge in [-0.15, -0.1) is 5.10 Å². The van der Waals surface area contributed by atoms with Gasteiger partial charge >= 0.3 is 5.97 Å². The highest BCUT2D eigenvalue weighted by atomic mass is 32.2. The molecule has 0 aliphatic heterocycles. The predicted molar refractivity (Wildman–Crippen MR) is 83.9 cm³/mol. The summed E-state index contributed by atoms with van der Waals surface area (Å²) < 4.78 is 37.9. The number of aromatic amines is 1. The normalized spacial score (nSPS) is 15.0. The lowest BCUT2D eigenvalue weighted by atomic mass is 10.1. The quantitative estimate of drug-likeness (QED) is 0.592. The van der Waals surface area contributed by atoms with Crippen LogP contribution in [-0.2, 0) is 19.0 Å². The smallest absolute Gasteiger partial charge is 0.357 e. The van der Waals surface area contributed by atoms with Gasteiger partial charge in [0.2, 0.25) is 5.88 Å². The minimum Gasteiger partial charge on any atom is -0.468 e. The molecular formula is C14H24N2O6S. The predicted octanol–water partition coefficient (Wildman–Crippen LogP) is 1.89. The second-order valence-electron chi connectivity index (χ2n) is 6.49. The van der Waals surface area contributed by atoms with Gasteiger partial charge in [0.15, 0.2) is 0 Å². The maximum absolute atomic E-state index is 11.9. The minimum absolute atomic E-state index is 0.150. The van der Waals surface area contributed by atoms with Crippen LogP contribution in [0.2, 0.25) is 0 Å². The molecule has 1 atom stereocenters. The average Bonchev–Trinajstić information content (AvgIpc) is 2.82. The van der Waals surface area contributed by atoms with E-state index in [2.05, 4.69) is 10.2 Å². The molecule has 0 aliphatic rings. The van der Waals surface area contributed by atoms with Crippen LogP contribution < -0.4 is 4.74 Å². The molecule has 1 N–H and O–H groups in total. The van der Waals surface area contributed by atoms with E-state index in [0.29, 0.717) is 6.42 Å². The molecule has 1 aromatic heterocycles. The monoisotopic (exact) mass is 348 g/mol. The third-order valence-electron chi connectivity index (χ3n) is 2.85. The lowest BCUT2D eigenvalue weighted by molar-refractivity contribution is 0.00622. The summed E-state index contributed by atoms with van der Waals surface area (Å²) in [5, 5.41) is 6.43. The maximum atomic E-state index is 11.9. The summed E-state index contributed by atoms with van der Waals surface area (Å²) in [5.41, 5.74) is -1.37. The molecule has 0 aromatic carbocycles. The lowest BCUT2D eigenvalue weighted by Gasteiger charge is -2.27. The summed E-state index contributed by atoms with van der Waals surface area (Å²) in [5.74, 6) is -0.391. The summed E-state index contributed by atoms with van der Waals surface area (Å²) in [6, 6.07) is 1.41. The van der Waals surface area contributed by atoms with Gasteiger partial charge in [0, 0.05) is 6.07 Å². The standard InChI is InChI=1S/C14H24N2O6S/c1-7-14(5,9-20-23(6,18)19)21-11-8-10(15-16-11)12(17)22-13(2,3)4/h8H,7,9H2,1-6H3,(H,15,16). The molecule has 9 heteroatoms. The number of carbonyl (C=O) groups is 1. The van der Waals surface area contributed by atoms with E-state index < -0.39 is 27.3 Å². The first-order valence-electron chi connectivity index (χ1n) is 7.16. The summed E-state index contributed by atoms with van der Waals surface area (Å²) in [7, 11) is -3.57. The van der Waals surface area contributed by atoms with Crippen LogP contribution in [0.15, 0.2) is 6.07 Å². The number of esters is 1. The molecule has 1 heterocycles. The number of rotatable bonds is 7. The van der Waals surface area contributed by atoms with Crippen molar-refractivity contribution in [1.29, 1.82) is 0 Å². The van der Waals surface area contributed by atoms with Crippen molar-refractivity contribution in [2.45, 2.75) is 52.2 Å². The van der Waals surface area contributed by atoms with Crippen molar-refractivity contribution in [2.75, 3.05) is 12.9 Å². The molecule has 23 heavy (non-hydrogen) atoms. The largest absolute Gasteiger partial charge is 0.468 e. The molecule has 1 unspecified atom stereocenters. The SMILES string of the molecule is CCC(C)(COS(C)(=O)=O)Oc1cc(C(=O)OC(C)(C)C)[nH]n1. The first kappa shape index (κ1) is 19.4. The van der Waals surface area contributed by atoms with Crippen molar-refractivity contribution < 1.29 is 26.9 Å². The number of hydrogen-bond donors (Lipinski definition) is 1. The zero-order chi connectivity index (χ0) is 17.9. The van der Waals surface area contributed by atoms with Gasteiger partial charge in [0.25, 0.3) is 10.1 Å². The van der Waals surface area contributed by atoms with E-state index in [1.807, 2.05) is 6.92 Å². The minimum atomic E-state index is -3.57. The van der Waals surface area contributed by atoms with Gasteiger partial charge in [-0.25, -0.2) is 4.79 Å². The van der Waals surface area contributed by atoms with Crippen LogP contribution in [-0.4, -0.2) is 48.6 Å². The third-order valence-corrected chi connectivity index (χ3v) is 3.40. The van der Waals surface area contributed by atoms with Crippen LogP contribution in [0, 0.1) is 0 Å². The fourth-order valence-electron chi connectivity index (χ4n) is 1.48. The molecule has 1 rings (SSSR count).